The van der Waals surface area contributed by atoms with Crippen molar-refractivity contribution in [3.8, 4) is 5.75 Å². The molecule has 11 heteroatoms. The van der Waals surface area contributed by atoms with Gasteiger partial charge in [-0.15, -0.1) is 0 Å². The van der Waals surface area contributed by atoms with Crippen molar-refractivity contribution >= 4 is 42.6 Å². The third-order valence-corrected chi connectivity index (χ3v) is 8.85. The van der Waals surface area contributed by atoms with Crippen LogP contribution in [0.3, 0.4) is 0 Å². The Kier molecular flexibility index (Phi) is 7.96. The molecular formula is C25H32N4O5S2. The molecule has 0 saturated carbocycles. The second kappa shape index (κ2) is 10.8. The first-order chi connectivity index (χ1) is 17.1. The van der Waals surface area contributed by atoms with Crippen LogP contribution in [0.15, 0.2) is 47.4 Å². The maximum absolute atomic E-state index is 13.6. The van der Waals surface area contributed by atoms with Gasteiger partial charge in [0.05, 0.1) is 28.9 Å². The highest BCUT2D eigenvalue weighted by atomic mass is 32.2. The van der Waals surface area contributed by atoms with Crippen LogP contribution in [0.5, 0.6) is 5.75 Å². The monoisotopic (exact) mass is 532 g/mol. The Morgan fingerprint density at radius 1 is 1.11 bits per heavy atom. The van der Waals surface area contributed by atoms with E-state index in [2.05, 4.69) is 0 Å². The lowest BCUT2D eigenvalue weighted by Crippen LogP contribution is -2.48. The summed E-state index contributed by atoms with van der Waals surface area (Å²) in [5.41, 5.74) is 1.10. The van der Waals surface area contributed by atoms with E-state index < -0.39 is 10.0 Å². The van der Waals surface area contributed by atoms with Gasteiger partial charge in [0.15, 0.2) is 5.13 Å². The molecule has 1 saturated heterocycles. The van der Waals surface area contributed by atoms with Crippen molar-refractivity contribution in [2.75, 3.05) is 52.3 Å². The third-order valence-electron chi connectivity index (χ3n) is 5.96. The standard InChI is InChI=1S/C25H32N4O5S2/c1-17-15-28(16-18(2)34-17)36(31,32)20-11-9-19(10-12-20)24(30)29(14-13-27(3)4)25-26-23-21(33-5)7-6-8-22(23)35-25/h6-12,17-18H,13-16H2,1-5H3. The van der Waals surface area contributed by atoms with Crippen LogP contribution in [-0.4, -0.2) is 88.1 Å². The Bertz CT molecular complexity index is 1310. The summed E-state index contributed by atoms with van der Waals surface area (Å²) in [6.45, 7) is 5.38. The number of carbonyl (C=O) groups is 1. The number of ether oxygens (including phenoxy) is 2. The zero-order valence-corrected chi connectivity index (χ0v) is 22.8. The molecule has 0 radical (unpaired) electrons. The third kappa shape index (κ3) is 5.55. The number of nitrogens with zero attached hydrogens (tertiary/aromatic N) is 4. The van der Waals surface area contributed by atoms with Crippen LogP contribution in [0.1, 0.15) is 24.2 Å². The molecule has 1 fully saturated rings. The summed E-state index contributed by atoms with van der Waals surface area (Å²) in [5, 5.41) is 0.564. The quantitative estimate of drug-likeness (QED) is 0.440. The van der Waals surface area contributed by atoms with E-state index in [1.807, 2.05) is 51.0 Å². The van der Waals surface area contributed by atoms with Gasteiger partial charge in [0, 0.05) is 31.7 Å². The van der Waals surface area contributed by atoms with Crippen LogP contribution in [0, 0.1) is 0 Å². The lowest BCUT2D eigenvalue weighted by molar-refractivity contribution is -0.0440. The van der Waals surface area contributed by atoms with Crippen LogP contribution >= 0.6 is 11.3 Å². The van der Waals surface area contributed by atoms with Gasteiger partial charge in [0.1, 0.15) is 11.3 Å². The lowest BCUT2D eigenvalue weighted by atomic mass is 10.2. The van der Waals surface area contributed by atoms with Crippen LogP contribution in [0.4, 0.5) is 5.13 Å². The molecule has 9 nitrogen and oxygen atoms in total. The summed E-state index contributed by atoms with van der Waals surface area (Å²) in [6, 6.07) is 11.8. The summed E-state index contributed by atoms with van der Waals surface area (Å²) in [5.74, 6) is 0.406. The highest BCUT2D eigenvalue weighted by Crippen LogP contribution is 2.34. The van der Waals surface area contributed by atoms with Crippen LogP contribution in [0.25, 0.3) is 10.2 Å². The van der Waals surface area contributed by atoms with E-state index in [9.17, 15) is 13.2 Å². The predicted molar refractivity (Wildman–Crippen MR) is 142 cm³/mol. The number of aromatic nitrogens is 1. The number of anilines is 1. The molecule has 2 aromatic carbocycles. The number of morpholine rings is 1. The number of amides is 1. The van der Waals surface area contributed by atoms with Gasteiger partial charge in [-0.25, -0.2) is 13.4 Å². The summed E-state index contributed by atoms with van der Waals surface area (Å²) in [6.07, 6.45) is -0.357. The van der Waals surface area contributed by atoms with E-state index in [1.54, 1.807) is 24.1 Å². The largest absolute Gasteiger partial charge is 0.494 e. The lowest BCUT2D eigenvalue weighted by Gasteiger charge is -2.34. The fourth-order valence-corrected chi connectivity index (χ4v) is 6.78. The molecule has 4 rings (SSSR count). The van der Waals surface area contributed by atoms with E-state index in [4.69, 9.17) is 14.5 Å². The molecule has 0 spiro atoms. The predicted octanol–water partition coefficient (Wildman–Crippen LogP) is 3.31. The summed E-state index contributed by atoms with van der Waals surface area (Å²) >= 11 is 1.42. The number of carbonyl (C=O) groups excluding carboxylic acids is 1. The van der Waals surface area contributed by atoms with E-state index in [0.717, 1.165) is 4.70 Å². The molecule has 2 heterocycles. The molecule has 2 unspecified atom stereocenters. The number of hydrogen-bond acceptors (Lipinski definition) is 8. The molecule has 2 atom stereocenters. The first-order valence-corrected chi connectivity index (χ1v) is 14.0. The van der Waals surface area contributed by atoms with Crippen LogP contribution < -0.4 is 9.64 Å². The molecular weight excluding hydrogens is 500 g/mol. The number of para-hydroxylation sites is 1. The van der Waals surface area contributed by atoms with Crippen molar-refractivity contribution in [3.05, 3.63) is 48.0 Å². The minimum atomic E-state index is -3.69. The highest BCUT2D eigenvalue weighted by Gasteiger charge is 2.32. The van der Waals surface area contributed by atoms with Crippen LogP contribution in [-0.2, 0) is 14.8 Å². The molecule has 0 bridgehead atoms. The van der Waals surface area contributed by atoms with Gasteiger partial charge in [0.2, 0.25) is 10.0 Å². The Morgan fingerprint density at radius 3 is 2.39 bits per heavy atom. The van der Waals surface area contributed by atoms with Crippen molar-refractivity contribution in [3.63, 3.8) is 0 Å². The summed E-state index contributed by atoms with van der Waals surface area (Å²) in [4.78, 5) is 22.1. The Balaban J connectivity index is 1.62. The number of benzene rings is 2. The average molecular weight is 533 g/mol. The molecule has 36 heavy (non-hydrogen) atoms. The van der Waals surface area contributed by atoms with Gasteiger partial charge in [-0.3, -0.25) is 9.69 Å². The number of thiazole rings is 1. The first kappa shape index (κ1) is 26.5. The number of rotatable bonds is 8. The van der Waals surface area contributed by atoms with E-state index >= 15 is 0 Å². The summed E-state index contributed by atoms with van der Waals surface area (Å²) < 4.78 is 39.9. The molecule has 0 N–H and O–H groups in total. The number of fused-ring (bicyclic) bond motifs is 1. The second-order valence-electron chi connectivity index (χ2n) is 9.17. The van der Waals surface area contributed by atoms with E-state index in [0.29, 0.717) is 48.1 Å². The second-order valence-corrected chi connectivity index (χ2v) is 12.1. The highest BCUT2D eigenvalue weighted by molar-refractivity contribution is 7.89. The van der Waals surface area contributed by atoms with Gasteiger partial charge in [-0.2, -0.15) is 4.31 Å². The van der Waals surface area contributed by atoms with Crippen molar-refractivity contribution in [2.45, 2.75) is 31.0 Å². The SMILES string of the molecule is COc1cccc2sc(N(CCN(C)C)C(=O)c3ccc(S(=O)(=O)N4CC(C)OC(C)C4)cc3)nc12. The van der Waals surface area contributed by atoms with Crippen molar-refractivity contribution in [1.29, 1.82) is 0 Å². The fraction of sp³-hybridized carbons (Fsp3) is 0.440. The number of methoxy groups -OCH3 is 1. The van der Waals surface area contributed by atoms with Gasteiger partial charge >= 0.3 is 0 Å². The first-order valence-electron chi connectivity index (χ1n) is 11.8. The molecule has 194 valence electrons. The minimum Gasteiger partial charge on any atom is -0.494 e. The van der Waals surface area contributed by atoms with Gasteiger partial charge < -0.3 is 14.4 Å². The molecule has 0 aliphatic carbocycles. The number of hydrogen-bond donors (Lipinski definition) is 0. The molecule has 3 aromatic rings. The Labute approximate surface area is 216 Å². The topological polar surface area (TPSA) is 92.3 Å². The van der Waals surface area contributed by atoms with Gasteiger partial charge in [0.25, 0.3) is 5.91 Å². The van der Waals surface area contributed by atoms with Crippen molar-refractivity contribution in [2.24, 2.45) is 0 Å². The Hall–Kier alpha value is -2.57. The van der Waals surface area contributed by atoms with E-state index in [-0.39, 0.29) is 23.0 Å². The molecule has 1 amide bonds. The summed E-state index contributed by atoms with van der Waals surface area (Å²) in [7, 11) is 1.79. The zero-order chi connectivity index (χ0) is 26.0. The zero-order valence-electron chi connectivity index (χ0n) is 21.2. The minimum absolute atomic E-state index is 0.157. The molecule has 1 aliphatic rings. The molecule has 1 aliphatic heterocycles. The average Bonchev–Trinajstić information content (AvgIpc) is 3.27. The number of likely N-dealkylation sites (N-methyl/N-ethyl adjacent to an activating group) is 1. The maximum atomic E-state index is 13.6. The molecule has 1 aromatic heterocycles. The van der Waals surface area contributed by atoms with Crippen molar-refractivity contribution < 1.29 is 22.7 Å². The van der Waals surface area contributed by atoms with Crippen molar-refractivity contribution in [1.82, 2.24) is 14.2 Å². The smallest absolute Gasteiger partial charge is 0.260 e. The van der Waals surface area contributed by atoms with Gasteiger partial charge in [-0.1, -0.05) is 17.4 Å². The van der Waals surface area contributed by atoms with Gasteiger partial charge in [-0.05, 0) is 64.3 Å². The fourth-order valence-electron chi connectivity index (χ4n) is 4.18. The maximum Gasteiger partial charge on any atom is 0.260 e. The normalized spacial score (nSPS) is 19.1. The Morgan fingerprint density at radius 2 is 1.78 bits per heavy atom. The number of sulfonamides is 1. The van der Waals surface area contributed by atoms with E-state index in [1.165, 1.54) is 27.8 Å². The van der Waals surface area contributed by atoms with Crippen LogP contribution in [0.2, 0.25) is 0 Å².